The summed E-state index contributed by atoms with van der Waals surface area (Å²) >= 11 is 5.71. The summed E-state index contributed by atoms with van der Waals surface area (Å²) in [5, 5.41) is 3.53. The molecular formula is C14H15ClN2O2. The Hall–Kier alpha value is -1.94. The van der Waals surface area contributed by atoms with Gasteiger partial charge in [-0.15, -0.1) is 0 Å². The third kappa shape index (κ3) is 3.29. The lowest BCUT2D eigenvalue weighted by atomic mass is 10.1. The quantitative estimate of drug-likeness (QED) is 0.934. The number of hydrogen-bond donors (Lipinski definition) is 1. The zero-order chi connectivity index (χ0) is 13.8. The molecular weight excluding hydrogens is 264 g/mol. The van der Waals surface area contributed by atoms with E-state index in [-0.39, 0.29) is 5.91 Å². The molecule has 0 atom stereocenters. The topological polar surface area (TPSA) is 45.5 Å². The minimum Gasteiger partial charge on any atom is -0.448 e. The highest BCUT2D eigenvalue weighted by molar-refractivity contribution is 6.28. The Bertz CT molecular complexity index is 578. The second-order valence-electron chi connectivity index (χ2n) is 4.30. The lowest BCUT2D eigenvalue weighted by molar-refractivity contribution is 0.0828. The van der Waals surface area contributed by atoms with E-state index in [0.29, 0.717) is 17.3 Å². The number of hydrogen-bond acceptors (Lipinski definition) is 3. The number of amides is 1. The molecule has 2 rings (SSSR count). The van der Waals surface area contributed by atoms with Crippen LogP contribution in [0.1, 0.15) is 16.1 Å². The summed E-state index contributed by atoms with van der Waals surface area (Å²) in [5.74, 6) is 0.678. The SMILES string of the molecule is CN(C)C(=O)c1ccccc1NCc1ccc(Cl)o1. The molecule has 0 saturated heterocycles. The normalized spacial score (nSPS) is 10.3. The van der Waals surface area contributed by atoms with Crippen LogP contribution in [0.2, 0.25) is 5.22 Å². The summed E-state index contributed by atoms with van der Waals surface area (Å²) < 4.78 is 5.26. The predicted octanol–water partition coefficient (Wildman–Crippen LogP) is 3.25. The molecule has 4 nitrogen and oxygen atoms in total. The Kier molecular flexibility index (Phi) is 4.12. The second-order valence-corrected chi connectivity index (χ2v) is 4.68. The fourth-order valence-electron chi connectivity index (χ4n) is 1.69. The van der Waals surface area contributed by atoms with Gasteiger partial charge in [0.1, 0.15) is 5.76 Å². The van der Waals surface area contributed by atoms with E-state index in [1.165, 1.54) is 0 Å². The van der Waals surface area contributed by atoms with Gasteiger partial charge >= 0.3 is 0 Å². The van der Waals surface area contributed by atoms with Gasteiger partial charge < -0.3 is 14.6 Å². The van der Waals surface area contributed by atoms with E-state index < -0.39 is 0 Å². The summed E-state index contributed by atoms with van der Waals surface area (Å²) in [6, 6.07) is 10.9. The van der Waals surface area contributed by atoms with Gasteiger partial charge in [0.15, 0.2) is 5.22 Å². The average molecular weight is 279 g/mol. The molecule has 0 saturated carbocycles. The van der Waals surface area contributed by atoms with E-state index in [1.807, 2.05) is 18.2 Å². The largest absolute Gasteiger partial charge is 0.448 e. The third-order valence-electron chi connectivity index (χ3n) is 2.65. The van der Waals surface area contributed by atoms with Crippen molar-refractivity contribution in [2.45, 2.75) is 6.54 Å². The maximum Gasteiger partial charge on any atom is 0.255 e. The molecule has 1 aromatic heterocycles. The monoisotopic (exact) mass is 278 g/mol. The van der Waals surface area contributed by atoms with Crippen molar-refractivity contribution in [3.63, 3.8) is 0 Å². The molecule has 0 aliphatic rings. The zero-order valence-electron chi connectivity index (χ0n) is 10.8. The molecule has 0 aliphatic heterocycles. The third-order valence-corrected chi connectivity index (χ3v) is 2.85. The molecule has 5 heteroatoms. The molecule has 2 aromatic rings. The van der Waals surface area contributed by atoms with Crippen LogP contribution in [0, 0.1) is 0 Å². The van der Waals surface area contributed by atoms with Gasteiger partial charge in [-0.1, -0.05) is 12.1 Å². The van der Waals surface area contributed by atoms with Gasteiger partial charge in [-0.3, -0.25) is 4.79 Å². The fourth-order valence-corrected chi connectivity index (χ4v) is 1.86. The van der Waals surface area contributed by atoms with Crippen molar-refractivity contribution >= 4 is 23.2 Å². The van der Waals surface area contributed by atoms with E-state index in [1.54, 1.807) is 37.2 Å². The van der Waals surface area contributed by atoms with Crippen LogP contribution in [0.15, 0.2) is 40.8 Å². The predicted molar refractivity (Wildman–Crippen MR) is 75.5 cm³/mol. The highest BCUT2D eigenvalue weighted by atomic mass is 35.5. The van der Waals surface area contributed by atoms with Gasteiger partial charge in [-0.25, -0.2) is 0 Å². The number of para-hydroxylation sites is 1. The van der Waals surface area contributed by atoms with Gasteiger partial charge in [-0.05, 0) is 35.9 Å². The molecule has 1 N–H and O–H groups in total. The zero-order valence-corrected chi connectivity index (χ0v) is 11.6. The van der Waals surface area contributed by atoms with E-state index in [2.05, 4.69) is 5.32 Å². The number of nitrogens with one attached hydrogen (secondary N) is 1. The number of anilines is 1. The Morgan fingerprint density at radius 2 is 2.00 bits per heavy atom. The summed E-state index contributed by atoms with van der Waals surface area (Å²) in [6.07, 6.45) is 0. The minimum absolute atomic E-state index is 0.0411. The van der Waals surface area contributed by atoms with Crippen molar-refractivity contribution < 1.29 is 9.21 Å². The Labute approximate surface area is 117 Å². The minimum atomic E-state index is -0.0411. The maximum atomic E-state index is 12.0. The van der Waals surface area contributed by atoms with Crippen LogP contribution in [0.25, 0.3) is 0 Å². The van der Waals surface area contributed by atoms with Gasteiger partial charge in [0.2, 0.25) is 0 Å². The van der Waals surface area contributed by atoms with Crippen LogP contribution >= 0.6 is 11.6 Å². The highest BCUT2D eigenvalue weighted by Crippen LogP contribution is 2.19. The first-order valence-corrected chi connectivity index (χ1v) is 6.24. The van der Waals surface area contributed by atoms with E-state index in [0.717, 1.165) is 11.4 Å². The molecule has 0 radical (unpaired) electrons. The van der Waals surface area contributed by atoms with Crippen LogP contribution in [0.4, 0.5) is 5.69 Å². The van der Waals surface area contributed by atoms with Gasteiger partial charge in [-0.2, -0.15) is 0 Å². The number of nitrogens with zero attached hydrogens (tertiary/aromatic N) is 1. The Balaban J connectivity index is 2.14. The van der Waals surface area contributed by atoms with Crippen molar-refractivity contribution in [1.29, 1.82) is 0 Å². The molecule has 1 heterocycles. The van der Waals surface area contributed by atoms with Gasteiger partial charge in [0.05, 0.1) is 12.1 Å². The maximum absolute atomic E-state index is 12.0. The van der Waals surface area contributed by atoms with Crippen LogP contribution in [-0.2, 0) is 6.54 Å². The first-order chi connectivity index (χ1) is 9.08. The summed E-state index contributed by atoms with van der Waals surface area (Å²) in [7, 11) is 3.46. The lowest BCUT2D eigenvalue weighted by Gasteiger charge is -2.14. The van der Waals surface area contributed by atoms with Crippen LogP contribution < -0.4 is 5.32 Å². The molecule has 0 fully saturated rings. The first kappa shape index (κ1) is 13.5. The number of halogens is 1. The van der Waals surface area contributed by atoms with Gasteiger partial charge in [0, 0.05) is 19.8 Å². The van der Waals surface area contributed by atoms with E-state index >= 15 is 0 Å². The van der Waals surface area contributed by atoms with Crippen molar-refractivity contribution in [3.8, 4) is 0 Å². The molecule has 1 amide bonds. The molecule has 0 aliphatic carbocycles. The first-order valence-electron chi connectivity index (χ1n) is 5.86. The number of benzene rings is 1. The Morgan fingerprint density at radius 3 is 2.63 bits per heavy atom. The molecule has 1 aromatic carbocycles. The van der Waals surface area contributed by atoms with Crippen molar-refractivity contribution in [1.82, 2.24) is 4.90 Å². The van der Waals surface area contributed by atoms with Crippen molar-refractivity contribution in [2.75, 3.05) is 19.4 Å². The number of rotatable bonds is 4. The Morgan fingerprint density at radius 1 is 1.26 bits per heavy atom. The molecule has 0 spiro atoms. The highest BCUT2D eigenvalue weighted by Gasteiger charge is 2.12. The van der Waals surface area contributed by atoms with E-state index in [4.69, 9.17) is 16.0 Å². The molecule has 19 heavy (non-hydrogen) atoms. The number of furan rings is 1. The van der Waals surface area contributed by atoms with Crippen molar-refractivity contribution in [3.05, 3.63) is 52.9 Å². The lowest BCUT2D eigenvalue weighted by Crippen LogP contribution is -2.22. The van der Waals surface area contributed by atoms with E-state index in [9.17, 15) is 4.79 Å². The average Bonchev–Trinajstić information content (AvgIpc) is 2.81. The summed E-state index contributed by atoms with van der Waals surface area (Å²) in [4.78, 5) is 13.6. The van der Waals surface area contributed by atoms with Crippen molar-refractivity contribution in [2.24, 2.45) is 0 Å². The number of carbonyl (C=O) groups is 1. The van der Waals surface area contributed by atoms with Crippen LogP contribution in [0.5, 0.6) is 0 Å². The summed E-state index contributed by atoms with van der Waals surface area (Å²) in [5.41, 5.74) is 1.40. The van der Waals surface area contributed by atoms with Crippen LogP contribution in [0.3, 0.4) is 0 Å². The smallest absolute Gasteiger partial charge is 0.255 e. The van der Waals surface area contributed by atoms with Gasteiger partial charge in [0.25, 0.3) is 5.91 Å². The molecule has 0 unspecified atom stereocenters. The standard InChI is InChI=1S/C14H15ClN2O2/c1-17(2)14(18)11-5-3-4-6-12(11)16-9-10-7-8-13(15)19-10/h3-8,16H,9H2,1-2H3. The molecule has 100 valence electrons. The summed E-state index contributed by atoms with van der Waals surface area (Å²) in [6.45, 7) is 0.477. The van der Waals surface area contributed by atoms with Crippen LogP contribution in [-0.4, -0.2) is 24.9 Å². The number of carbonyl (C=O) groups excluding carboxylic acids is 1. The fraction of sp³-hybridized carbons (Fsp3) is 0.214. The second kappa shape index (κ2) is 5.80. The molecule has 0 bridgehead atoms.